The van der Waals surface area contributed by atoms with Crippen LogP contribution in [-0.2, 0) is 0 Å². The number of anilines is 2. The highest BCUT2D eigenvalue weighted by Crippen LogP contribution is 2.32. The number of hydrogen-bond acceptors (Lipinski definition) is 4. The Labute approximate surface area is 205 Å². The Morgan fingerprint density at radius 2 is 1.85 bits per heavy atom. The molecule has 1 fully saturated rings. The van der Waals surface area contributed by atoms with E-state index in [0.29, 0.717) is 41.1 Å². The first kappa shape index (κ1) is 21.9. The molecule has 2 aromatic carbocycles. The first-order valence-corrected chi connectivity index (χ1v) is 12.1. The fourth-order valence-electron chi connectivity index (χ4n) is 4.36. The zero-order valence-electron chi connectivity index (χ0n) is 18.1. The van der Waals surface area contributed by atoms with Crippen molar-refractivity contribution in [2.24, 2.45) is 0 Å². The highest BCUT2D eigenvalue weighted by Gasteiger charge is 2.28. The Morgan fingerprint density at radius 1 is 1.09 bits per heavy atom. The van der Waals surface area contributed by atoms with Crippen molar-refractivity contribution < 1.29 is 4.79 Å². The number of hydrogen-bond donors (Lipinski definition) is 1. The number of piperidine rings is 1. The Morgan fingerprint density at radius 3 is 2.61 bits per heavy atom. The lowest BCUT2D eigenvalue weighted by molar-refractivity contribution is 0.0713. The van der Waals surface area contributed by atoms with Gasteiger partial charge in [-0.3, -0.25) is 4.79 Å². The molecule has 1 aliphatic heterocycles. The van der Waals surface area contributed by atoms with Gasteiger partial charge in [0.15, 0.2) is 5.65 Å². The zero-order chi connectivity index (χ0) is 22.9. The molecule has 33 heavy (non-hydrogen) atoms. The lowest BCUT2D eigenvalue weighted by Crippen LogP contribution is -2.38. The Hall–Kier alpha value is -2.90. The minimum absolute atomic E-state index is 0.0512. The number of benzene rings is 2. The molecule has 1 amide bonds. The van der Waals surface area contributed by atoms with Crippen LogP contribution in [0.1, 0.15) is 40.2 Å². The summed E-state index contributed by atoms with van der Waals surface area (Å²) in [6.45, 7) is 3.35. The van der Waals surface area contributed by atoms with Gasteiger partial charge in [0.1, 0.15) is 11.4 Å². The van der Waals surface area contributed by atoms with Gasteiger partial charge in [-0.05, 0) is 64.9 Å². The molecule has 0 bridgehead atoms. The van der Waals surface area contributed by atoms with Crippen molar-refractivity contribution in [2.75, 3.05) is 18.4 Å². The number of carbonyl (C=O) groups excluding carboxylic acids is 1. The summed E-state index contributed by atoms with van der Waals surface area (Å²) in [4.78, 5) is 20.0. The third kappa shape index (κ3) is 4.23. The first-order chi connectivity index (χ1) is 16.0. The molecule has 5 rings (SSSR count). The Balaban J connectivity index is 1.46. The highest BCUT2D eigenvalue weighted by atomic mass is 79.9. The summed E-state index contributed by atoms with van der Waals surface area (Å²) in [5, 5.41) is 8.50. The first-order valence-electron chi connectivity index (χ1n) is 10.9. The van der Waals surface area contributed by atoms with E-state index in [1.54, 1.807) is 16.9 Å². The summed E-state index contributed by atoms with van der Waals surface area (Å²) in [5.74, 6) is 1.00. The summed E-state index contributed by atoms with van der Waals surface area (Å²) < 4.78 is 2.42. The van der Waals surface area contributed by atoms with Gasteiger partial charge in [0.25, 0.3) is 5.91 Å². The second-order valence-electron chi connectivity index (χ2n) is 8.26. The highest BCUT2D eigenvalue weighted by molar-refractivity contribution is 9.10. The smallest absolute Gasteiger partial charge is 0.259 e. The molecule has 1 N–H and O–H groups in total. The van der Waals surface area contributed by atoms with Crippen LogP contribution in [0.25, 0.3) is 5.65 Å². The fraction of sp³-hybridized carbons (Fsp3) is 0.240. The number of carbonyl (C=O) groups is 1. The lowest BCUT2D eigenvalue weighted by Gasteiger charge is -2.32. The fourth-order valence-corrected chi connectivity index (χ4v) is 4.90. The maximum absolute atomic E-state index is 13.6. The van der Waals surface area contributed by atoms with Crippen LogP contribution in [0.15, 0.2) is 65.4 Å². The van der Waals surface area contributed by atoms with E-state index in [2.05, 4.69) is 55.6 Å². The zero-order valence-corrected chi connectivity index (χ0v) is 20.5. The number of halogens is 2. The summed E-state index contributed by atoms with van der Waals surface area (Å²) >= 11 is 9.82. The molecule has 4 aromatic rings. The van der Waals surface area contributed by atoms with Gasteiger partial charge in [-0.25, -0.2) is 4.98 Å². The number of nitrogens with one attached hydrogen (secondary N) is 1. The van der Waals surface area contributed by atoms with E-state index >= 15 is 0 Å². The molecule has 0 radical (unpaired) electrons. The van der Waals surface area contributed by atoms with Gasteiger partial charge in [-0.1, -0.05) is 48.0 Å². The van der Waals surface area contributed by atoms with Crippen LogP contribution in [0, 0.1) is 6.92 Å². The molecule has 0 aliphatic carbocycles. The normalized spacial score (nSPS) is 14.6. The van der Waals surface area contributed by atoms with E-state index in [4.69, 9.17) is 11.6 Å². The molecule has 0 spiro atoms. The van der Waals surface area contributed by atoms with Gasteiger partial charge in [0.2, 0.25) is 0 Å². The number of likely N-dealkylation sites (tertiary alicyclic amines) is 1. The average molecular weight is 525 g/mol. The molecule has 1 aliphatic rings. The molecule has 0 saturated carbocycles. The van der Waals surface area contributed by atoms with Crippen LogP contribution in [-0.4, -0.2) is 38.5 Å². The molecule has 0 atom stereocenters. The van der Waals surface area contributed by atoms with E-state index in [0.717, 1.165) is 28.6 Å². The van der Waals surface area contributed by atoms with Crippen LogP contribution in [0.4, 0.5) is 11.5 Å². The molecule has 168 valence electrons. The van der Waals surface area contributed by atoms with Crippen molar-refractivity contribution in [3.8, 4) is 0 Å². The standard InChI is InChI=1S/C25H23BrClN5O/c1-16-21(27)8-5-9-22(16)30-23-19(14-28-24-20(26)15-29-32(23)24)25(33)31-12-10-18(11-13-31)17-6-3-2-4-7-17/h2-9,14-15,18,30H,10-13H2,1H3. The molecule has 6 nitrogen and oxygen atoms in total. The summed E-state index contributed by atoms with van der Waals surface area (Å²) in [7, 11) is 0. The molecule has 8 heteroatoms. The summed E-state index contributed by atoms with van der Waals surface area (Å²) in [6.07, 6.45) is 5.19. The molecular weight excluding hydrogens is 502 g/mol. The predicted molar refractivity (Wildman–Crippen MR) is 134 cm³/mol. The van der Waals surface area contributed by atoms with E-state index < -0.39 is 0 Å². The lowest BCUT2D eigenvalue weighted by atomic mass is 9.89. The maximum atomic E-state index is 13.6. The predicted octanol–water partition coefficient (Wildman–Crippen LogP) is 6.22. The third-order valence-electron chi connectivity index (χ3n) is 6.29. The minimum atomic E-state index is -0.0512. The number of aromatic nitrogens is 3. The van der Waals surface area contributed by atoms with Gasteiger partial charge in [-0.2, -0.15) is 9.61 Å². The second kappa shape index (κ2) is 9.15. The van der Waals surface area contributed by atoms with Crippen molar-refractivity contribution in [1.29, 1.82) is 0 Å². The topological polar surface area (TPSA) is 62.5 Å². The molecule has 0 unspecified atom stereocenters. The monoisotopic (exact) mass is 523 g/mol. The van der Waals surface area contributed by atoms with E-state index in [1.807, 2.05) is 36.1 Å². The number of fused-ring (bicyclic) bond motifs is 1. The van der Waals surface area contributed by atoms with Crippen LogP contribution < -0.4 is 5.32 Å². The van der Waals surface area contributed by atoms with Crippen molar-refractivity contribution in [2.45, 2.75) is 25.7 Å². The van der Waals surface area contributed by atoms with E-state index in [9.17, 15) is 4.79 Å². The summed E-state index contributed by atoms with van der Waals surface area (Å²) in [5.41, 5.74) is 4.18. The van der Waals surface area contributed by atoms with Gasteiger partial charge in [-0.15, -0.1) is 0 Å². The van der Waals surface area contributed by atoms with Crippen LogP contribution in [0.5, 0.6) is 0 Å². The van der Waals surface area contributed by atoms with Crippen LogP contribution in [0.2, 0.25) is 5.02 Å². The van der Waals surface area contributed by atoms with Crippen LogP contribution >= 0.6 is 27.5 Å². The minimum Gasteiger partial charge on any atom is -0.339 e. The Bertz CT molecular complexity index is 1320. The third-order valence-corrected chi connectivity index (χ3v) is 7.26. The second-order valence-corrected chi connectivity index (χ2v) is 9.52. The van der Waals surface area contributed by atoms with Crippen molar-refractivity contribution in [3.63, 3.8) is 0 Å². The van der Waals surface area contributed by atoms with Gasteiger partial charge in [0, 0.05) is 30.0 Å². The van der Waals surface area contributed by atoms with Crippen molar-refractivity contribution in [3.05, 3.63) is 87.1 Å². The average Bonchev–Trinajstić information content (AvgIpc) is 3.23. The van der Waals surface area contributed by atoms with Gasteiger partial charge in [0.05, 0.1) is 10.7 Å². The number of amides is 1. The molecule has 3 heterocycles. The number of rotatable bonds is 4. The molecular formula is C25H23BrClN5O. The quantitative estimate of drug-likeness (QED) is 0.344. The largest absolute Gasteiger partial charge is 0.339 e. The summed E-state index contributed by atoms with van der Waals surface area (Å²) in [6, 6.07) is 16.2. The van der Waals surface area contributed by atoms with E-state index in [1.165, 1.54) is 5.56 Å². The van der Waals surface area contributed by atoms with Crippen molar-refractivity contribution in [1.82, 2.24) is 19.5 Å². The molecule has 2 aromatic heterocycles. The molecule has 1 saturated heterocycles. The van der Waals surface area contributed by atoms with E-state index in [-0.39, 0.29) is 5.91 Å². The van der Waals surface area contributed by atoms with Crippen LogP contribution in [0.3, 0.4) is 0 Å². The maximum Gasteiger partial charge on any atom is 0.259 e. The SMILES string of the molecule is Cc1c(Cl)cccc1Nc1c(C(=O)N2CCC(c3ccccc3)CC2)cnc2c(Br)cnn12. The van der Waals surface area contributed by atoms with Gasteiger partial charge < -0.3 is 10.2 Å². The number of nitrogens with zero attached hydrogens (tertiary/aromatic N) is 4. The van der Waals surface area contributed by atoms with Gasteiger partial charge >= 0.3 is 0 Å². The van der Waals surface area contributed by atoms with Crippen molar-refractivity contribution >= 4 is 50.6 Å². The Kier molecular flexibility index (Phi) is 6.08.